The lowest BCUT2D eigenvalue weighted by Gasteiger charge is -2.16. The summed E-state index contributed by atoms with van der Waals surface area (Å²) in [5.41, 5.74) is 9.00. The molecule has 3 aromatic carbocycles. The summed E-state index contributed by atoms with van der Waals surface area (Å²) in [6, 6.07) is 31.1. The second-order valence-corrected chi connectivity index (χ2v) is 8.21. The molecule has 0 saturated heterocycles. The third kappa shape index (κ3) is 2.94. The molecule has 3 nitrogen and oxygen atoms in total. The number of pyridine rings is 3. The van der Waals surface area contributed by atoms with E-state index in [2.05, 4.69) is 74.5 Å². The molecule has 0 N–H and O–H groups in total. The quantitative estimate of drug-likeness (QED) is 0.300. The normalized spacial score (nSPS) is 11.4. The number of rotatable bonds is 2. The van der Waals surface area contributed by atoms with Gasteiger partial charge in [-0.3, -0.25) is 0 Å². The van der Waals surface area contributed by atoms with Gasteiger partial charge in [0.15, 0.2) is 0 Å². The van der Waals surface area contributed by atoms with Crippen LogP contribution >= 0.6 is 0 Å². The number of nitrogens with zero attached hydrogens (tertiary/aromatic N) is 3. The van der Waals surface area contributed by atoms with Gasteiger partial charge in [-0.15, -0.1) is 0 Å². The molecule has 0 radical (unpaired) electrons. The first-order chi connectivity index (χ1) is 15.7. The summed E-state index contributed by atoms with van der Waals surface area (Å²) in [5.74, 6) is 0. The molecule has 32 heavy (non-hydrogen) atoms. The van der Waals surface area contributed by atoms with Gasteiger partial charge in [0, 0.05) is 21.7 Å². The van der Waals surface area contributed by atoms with Gasteiger partial charge in [0.25, 0.3) is 0 Å². The molecule has 152 valence electrons. The van der Waals surface area contributed by atoms with Gasteiger partial charge in [-0.2, -0.15) is 0 Å². The largest absolute Gasteiger partial charge is 0.248 e. The van der Waals surface area contributed by atoms with Crippen molar-refractivity contribution in [3.8, 4) is 22.6 Å². The molecule has 0 aliphatic heterocycles. The molecule has 0 aliphatic rings. The van der Waals surface area contributed by atoms with Crippen LogP contribution in [0.25, 0.3) is 55.4 Å². The third-order valence-corrected chi connectivity index (χ3v) is 6.17. The molecular formula is C29H21N3. The Morgan fingerprint density at radius 2 is 1.16 bits per heavy atom. The van der Waals surface area contributed by atoms with E-state index >= 15 is 0 Å². The summed E-state index contributed by atoms with van der Waals surface area (Å²) >= 11 is 0. The molecule has 0 atom stereocenters. The van der Waals surface area contributed by atoms with E-state index in [-0.39, 0.29) is 0 Å². The standard InChI is InChI=1S/C29H21N3/c1-18-17-27(31-24-13-7-4-10-21(18)24)28-19(2)22-11-5-8-14-25(22)32-29(28)26-16-15-20-9-3-6-12-23(20)30-26/h3-17H,1-2H3. The van der Waals surface area contributed by atoms with Crippen LogP contribution in [0.1, 0.15) is 11.1 Å². The molecule has 0 unspecified atom stereocenters. The summed E-state index contributed by atoms with van der Waals surface area (Å²) in [4.78, 5) is 15.1. The molecular weight excluding hydrogens is 390 g/mol. The van der Waals surface area contributed by atoms with Gasteiger partial charge >= 0.3 is 0 Å². The molecule has 6 rings (SSSR count). The molecule has 6 aromatic rings. The van der Waals surface area contributed by atoms with Crippen LogP contribution in [0.4, 0.5) is 0 Å². The van der Waals surface area contributed by atoms with Crippen molar-refractivity contribution >= 4 is 32.7 Å². The first-order valence-corrected chi connectivity index (χ1v) is 10.8. The maximum atomic E-state index is 5.10. The topological polar surface area (TPSA) is 38.7 Å². The molecule has 3 heteroatoms. The van der Waals surface area contributed by atoms with Gasteiger partial charge < -0.3 is 0 Å². The average molecular weight is 412 g/mol. The second-order valence-electron chi connectivity index (χ2n) is 8.21. The van der Waals surface area contributed by atoms with Crippen LogP contribution in [0.2, 0.25) is 0 Å². The molecule has 0 fully saturated rings. The molecule has 0 bridgehead atoms. The smallest absolute Gasteiger partial charge is 0.0990 e. The molecule has 3 heterocycles. The Bertz CT molecular complexity index is 1650. The predicted octanol–water partition coefficient (Wildman–Crippen LogP) is 7.28. The minimum Gasteiger partial charge on any atom is -0.248 e. The first kappa shape index (κ1) is 18.6. The molecule has 0 spiro atoms. The number of fused-ring (bicyclic) bond motifs is 3. The number of aryl methyl sites for hydroxylation is 2. The molecule has 0 aliphatic carbocycles. The van der Waals surface area contributed by atoms with Gasteiger partial charge in [-0.25, -0.2) is 15.0 Å². The van der Waals surface area contributed by atoms with E-state index in [0.29, 0.717) is 0 Å². The molecule has 0 amide bonds. The highest BCUT2D eigenvalue weighted by atomic mass is 14.8. The number of para-hydroxylation sites is 3. The second kappa shape index (κ2) is 7.24. The Kier molecular flexibility index (Phi) is 4.22. The van der Waals surface area contributed by atoms with Crippen LogP contribution in [0.5, 0.6) is 0 Å². The van der Waals surface area contributed by atoms with Crippen molar-refractivity contribution in [3.63, 3.8) is 0 Å². The Morgan fingerprint density at radius 1 is 0.531 bits per heavy atom. The summed E-state index contributed by atoms with van der Waals surface area (Å²) in [6.45, 7) is 4.31. The Morgan fingerprint density at radius 3 is 1.97 bits per heavy atom. The van der Waals surface area contributed by atoms with Crippen molar-refractivity contribution in [2.45, 2.75) is 13.8 Å². The molecule has 3 aromatic heterocycles. The molecule has 0 saturated carbocycles. The Hall–Kier alpha value is -4.11. The van der Waals surface area contributed by atoms with Crippen LogP contribution in [-0.2, 0) is 0 Å². The van der Waals surface area contributed by atoms with E-state index in [1.807, 2.05) is 30.3 Å². The van der Waals surface area contributed by atoms with Crippen LogP contribution in [-0.4, -0.2) is 15.0 Å². The van der Waals surface area contributed by atoms with Crippen molar-refractivity contribution in [2.75, 3.05) is 0 Å². The van der Waals surface area contributed by atoms with Crippen molar-refractivity contribution in [1.29, 1.82) is 0 Å². The van der Waals surface area contributed by atoms with E-state index in [1.165, 1.54) is 16.5 Å². The fraction of sp³-hybridized carbons (Fsp3) is 0.0690. The highest BCUT2D eigenvalue weighted by Crippen LogP contribution is 2.37. The maximum absolute atomic E-state index is 5.10. The number of hydrogen-bond acceptors (Lipinski definition) is 3. The van der Waals surface area contributed by atoms with E-state index < -0.39 is 0 Å². The minimum absolute atomic E-state index is 0.861. The van der Waals surface area contributed by atoms with Crippen LogP contribution in [0, 0.1) is 13.8 Å². The van der Waals surface area contributed by atoms with Crippen molar-refractivity contribution in [1.82, 2.24) is 15.0 Å². The Labute approximate surface area is 186 Å². The first-order valence-electron chi connectivity index (χ1n) is 10.8. The van der Waals surface area contributed by atoms with E-state index in [1.54, 1.807) is 0 Å². The van der Waals surface area contributed by atoms with E-state index in [9.17, 15) is 0 Å². The summed E-state index contributed by atoms with van der Waals surface area (Å²) in [6.07, 6.45) is 0. The zero-order chi connectivity index (χ0) is 21.7. The Balaban J connectivity index is 1.71. The van der Waals surface area contributed by atoms with Crippen LogP contribution in [0.15, 0.2) is 91.0 Å². The fourth-order valence-corrected chi connectivity index (χ4v) is 4.55. The highest BCUT2D eigenvalue weighted by Gasteiger charge is 2.19. The summed E-state index contributed by atoms with van der Waals surface area (Å²) in [7, 11) is 0. The number of benzene rings is 3. The average Bonchev–Trinajstić information content (AvgIpc) is 2.83. The van der Waals surface area contributed by atoms with Crippen molar-refractivity contribution < 1.29 is 0 Å². The van der Waals surface area contributed by atoms with E-state index in [4.69, 9.17) is 15.0 Å². The minimum atomic E-state index is 0.861. The van der Waals surface area contributed by atoms with Crippen molar-refractivity contribution in [3.05, 3.63) is 102 Å². The third-order valence-electron chi connectivity index (χ3n) is 6.17. The number of aromatic nitrogens is 3. The predicted molar refractivity (Wildman–Crippen MR) is 133 cm³/mol. The van der Waals surface area contributed by atoms with Gasteiger partial charge in [0.05, 0.1) is 33.6 Å². The van der Waals surface area contributed by atoms with E-state index in [0.717, 1.165) is 50.0 Å². The summed E-state index contributed by atoms with van der Waals surface area (Å²) < 4.78 is 0. The number of hydrogen-bond donors (Lipinski definition) is 0. The van der Waals surface area contributed by atoms with Gasteiger partial charge in [0.1, 0.15) is 0 Å². The summed E-state index contributed by atoms with van der Waals surface area (Å²) in [5, 5.41) is 3.43. The zero-order valence-electron chi connectivity index (χ0n) is 18.0. The van der Waals surface area contributed by atoms with Gasteiger partial charge in [-0.05, 0) is 55.3 Å². The zero-order valence-corrected chi connectivity index (χ0v) is 18.0. The fourth-order valence-electron chi connectivity index (χ4n) is 4.55. The monoisotopic (exact) mass is 411 g/mol. The highest BCUT2D eigenvalue weighted by molar-refractivity contribution is 5.96. The SMILES string of the molecule is Cc1cc(-c2c(-c3ccc4ccccc4n3)nc3ccccc3c2C)nc2ccccc12. The van der Waals surface area contributed by atoms with Gasteiger partial charge in [0.2, 0.25) is 0 Å². The van der Waals surface area contributed by atoms with Crippen LogP contribution in [0.3, 0.4) is 0 Å². The lowest BCUT2D eigenvalue weighted by Crippen LogP contribution is -1.99. The van der Waals surface area contributed by atoms with Gasteiger partial charge in [-0.1, -0.05) is 60.7 Å². The lowest BCUT2D eigenvalue weighted by molar-refractivity contribution is 1.27. The maximum Gasteiger partial charge on any atom is 0.0990 e. The van der Waals surface area contributed by atoms with Crippen molar-refractivity contribution in [2.24, 2.45) is 0 Å². The van der Waals surface area contributed by atoms with Crippen LogP contribution < -0.4 is 0 Å². The lowest BCUT2D eigenvalue weighted by atomic mass is 9.95.